The molecule has 1 atom stereocenters. The minimum Gasteiger partial charge on any atom is -0.318 e. The minimum atomic E-state index is -5.02. The average Bonchev–Trinajstić information content (AvgIpc) is 2.60. The fourth-order valence-corrected chi connectivity index (χ4v) is 3.78. The number of carbonyl (C=O) groups excluding carboxylic acids is 1. The van der Waals surface area contributed by atoms with E-state index in [1.165, 1.54) is 0 Å². The minimum absolute atomic E-state index is 0.0347. The number of rotatable bonds is 6. The summed E-state index contributed by atoms with van der Waals surface area (Å²) in [6, 6.07) is 13.0. The van der Waals surface area contributed by atoms with E-state index < -0.39 is 28.1 Å². The zero-order valence-electron chi connectivity index (χ0n) is 14.6. The van der Waals surface area contributed by atoms with Crippen molar-refractivity contribution in [1.29, 1.82) is 0 Å². The molecule has 0 aliphatic carbocycles. The van der Waals surface area contributed by atoms with Crippen molar-refractivity contribution < 1.29 is 26.4 Å². The van der Waals surface area contributed by atoms with Gasteiger partial charge in [0.1, 0.15) is 0 Å². The van der Waals surface area contributed by atoms with Crippen molar-refractivity contribution in [3.63, 3.8) is 0 Å². The molecule has 2 N–H and O–H groups in total. The van der Waals surface area contributed by atoms with E-state index in [1.807, 2.05) is 32.0 Å². The summed E-state index contributed by atoms with van der Waals surface area (Å²) in [6.45, 7) is 3.74. The summed E-state index contributed by atoms with van der Waals surface area (Å²) in [5.74, 6) is -2.16. The molecule has 0 radical (unpaired) electrons. The van der Waals surface area contributed by atoms with Gasteiger partial charge in [-0.1, -0.05) is 44.2 Å². The van der Waals surface area contributed by atoms with Gasteiger partial charge < -0.3 is 5.32 Å². The third-order valence-electron chi connectivity index (χ3n) is 3.79. The number of sulfonamides is 1. The van der Waals surface area contributed by atoms with Gasteiger partial charge in [-0.3, -0.25) is 4.79 Å². The Bertz CT molecular complexity index is 880. The van der Waals surface area contributed by atoms with Crippen LogP contribution in [0.15, 0.2) is 59.5 Å². The quantitative estimate of drug-likeness (QED) is 0.773. The summed E-state index contributed by atoms with van der Waals surface area (Å²) in [5.41, 5.74) is 0.643. The third-order valence-corrected chi connectivity index (χ3v) is 5.24. The van der Waals surface area contributed by atoms with E-state index in [2.05, 4.69) is 4.72 Å². The highest BCUT2D eigenvalue weighted by Crippen LogP contribution is 2.25. The molecule has 9 heteroatoms. The van der Waals surface area contributed by atoms with Crippen LogP contribution in [0.4, 0.5) is 18.9 Å². The molecule has 0 aromatic heterocycles. The summed E-state index contributed by atoms with van der Waals surface area (Å²) >= 11 is 0. The van der Waals surface area contributed by atoms with Crippen molar-refractivity contribution in [1.82, 2.24) is 4.72 Å². The lowest BCUT2D eigenvalue weighted by atomic mass is 9.97. The maximum atomic E-state index is 12.6. The van der Waals surface area contributed by atoms with Gasteiger partial charge in [-0.25, -0.2) is 13.1 Å². The summed E-state index contributed by atoms with van der Waals surface area (Å²) in [5, 5.41) is 1.67. The second-order valence-electron chi connectivity index (χ2n) is 6.23. The first-order chi connectivity index (χ1) is 12.5. The number of nitrogens with one attached hydrogen (secondary N) is 2. The molecule has 2 aromatic carbocycles. The Morgan fingerprint density at radius 1 is 0.963 bits per heavy atom. The second-order valence-corrected chi connectivity index (χ2v) is 7.94. The first-order valence-electron chi connectivity index (χ1n) is 8.06. The lowest BCUT2D eigenvalue weighted by Crippen LogP contribution is -2.32. The molecule has 2 aromatic rings. The molecule has 0 bridgehead atoms. The van der Waals surface area contributed by atoms with E-state index in [0.29, 0.717) is 0 Å². The molecule has 0 aliphatic heterocycles. The Kier molecular flexibility index (Phi) is 6.27. The topological polar surface area (TPSA) is 75.3 Å². The first kappa shape index (κ1) is 20.9. The number of anilines is 1. The van der Waals surface area contributed by atoms with Crippen LogP contribution in [0.5, 0.6) is 0 Å². The maximum Gasteiger partial charge on any atom is 0.471 e. The van der Waals surface area contributed by atoms with Crippen molar-refractivity contribution in [2.24, 2.45) is 5.92 Å². The van der Waals surface area contributed by atoms with E-state index in [1.54, 1.807) is 17.4 Å². The molecule has 0 spiro atoms. The Balaban J connectivity index is 2.19. The summed E-state index contributed by atoms with van der Waals surface area (Å²) in [6.07, 6.45) is -5.02. The molecular weight excluding hydrogens is 381 g/mol. The summed E-state index contributed by atoms with van der Waals surface area (Å²) in [7, 11) is -3.91. The smallest absolute Gasteiger partial charge is 0.318 e. The summed E-state index contributed by atoms with van der Waals surface area (Å²) in [4.78, 5) is 10.8. The van der Waals surface area contributed by atoms with E-state index in [-0.39, 0.29) is 16.5 Å². The fourth-order valence-electron chi connectivity index (χ4n) is 2.40. The van der Waals surface area contributed by atoms with Crippen molar-refractivity contribution in [3.05, 3.63) is 60.2 Å². The standard InChI is InChI=1S/C18H19F3N2O3S/c1-12(2)16(13-6-4-3-5-7-13)23-27(25,26)15-10-8-14(9-11-15)22-17(24)18(19,20)21/h3-12,16,23H,1-2H3,(H,22,24). The van der Waals surface area contributed by atoms with Crippen LogP contribution in [0, 0.1) is 5.92 Å². The van der Waals surface area contributed by atoms with Gasteiger partial charge in [0, 0.05) is 11.7 Å². The van der Waals surface area contributed by atoms with Crippen LogP contribution in [0.2, 0.25) is 0 Å². The molecule has 0 saturated carbocycles. The maximum absolute atomic E-state index is 12.6. The van der Waals surface area contributed by atoms with Crippen LogP contribution in [0.25, 0.3) is 0 Å². The molecule has 1 amide bonds. The van der Waals surface area contributed by atoms with E-state index in [0.717, 1.165) is 29.8 Å². The zero-order valence-corrected chi connectivity index (χ0v) is 15.4. The van der Waals surface area contributed by atoms with Crippen molar-refractivity contribution in [3.8, 4) is 0 Å². The number of benzene rings is 2. The second kappa shape index (κ2) is 8.10. The van der Waals surface area contributed by atoms with E-state index >= 15 is 0 Å². The number of alkyl halides is 3. The number of hydrogen-bond acceptors (Lipinski definition) is 3. The molecule has 2 rings (SSSR count). The summed E-state index contributed by atoms with van der Waals surface area (Å²) < 4.78 is 64.7. The highest BCUT2D eigenvalue weighted by molar-refractivity contribution is 7.89. The zero-order chi connectivity index (χ0) is 20.2. The molecular formula is C18H19F3N2O3S. The molecule has 0 heterocycles. The van der Waals surface area contributed by atoms with Gasteiger partial charge in [0.05, 0.1) is 4.90 Å². The average molecular weight is 400 g/mol. The monoisotopic (exact) mass is 400 g/mol. The fraction of sp³-hybridized carbons (Fsp3) is 0.278. The highest BCUT2D eigenvalue weighted by atomic mass is 32.2. The van der Waals surface area contributed by atoms with Crippen LogP contribution in [-0.4, -0.2) is 20.5 Å². The van der Waals surface area contributed by atoms with Crippen LogP contribution >= 0.6 is 0 Å². The van der Waals surface area contributed by atoms with Crippen molar-refractivity contribution in [2.45, 2.75) is 31.0 Å². The van der Waals surface area contributed by atoms with Crippen LogP contribution in [0.3, 0.4) is 0 Å². The predicted molar refractivity (Wildman–Crippen MR) is 95.5 cm³/mol. The van der Waals surface area contributed by atoms with E-state index in [4.69, 9.17) is 0 Å². The van der Waals surface area contributed by atoms with Gasteiger partial charge in [0.2, 0.25) is 10.0 Å². The Morgan fingerprint density at radius 2 is 1.52 bits per heavy atom. The molecule has 0 aliphatic rings. The Morgan fingerprint density at radius 3 is 2.00 bits per heavy atom. The SMILES string of the molecule is CC(C)C(NS(=O)(=O)c1ccc(NC(=O)C(F)(F)F)cc1)c1ccccc1. The number of hydrogen-bond donors (Lipinski definition) is 2. The lowest BCUT2D eigenvalue weighted by molar-refractivity contribution is -0.167. The molecule has 146 valence electrons. The van der Waals surface area contributed by atoms with Crippen LogP contribution in [0.1, 0.15) is 25.5 Å². The molecule has 27 heavy (non-hydrogen) atoms. The molecule has 5 nitrogen and oxygen atoms in total. The van der Waals surface area contributed by atoms with Gasteiger partial charge in [-0.15, -0.1) is 0 Å². The number of halogens is 3. The largest absolute Gasteiger partial charge is 0.471 e. The van der Waals surface area contributed by atoms with Gasteiger partial charge in [-0.05, 0) is 35.7 Å². The predicted octanol–water partition coefficient (Wildman–Crippen LogP) is 3.86. The van der Waals surface area contributed by atoms with Gasteiger partial charge in [-0.2, -0.15) is 13.2 Å². The number of amides is 1. The molecule has 0 fully saturated rings. The number of carbonyl (C=O) groups is 1. The van der Waals surface area contributed by atoms with Gasteiger partial charge >= 0.3 is 12.1 Å². The molecule has 1 unspecified atom stereocenters. The highest BCUT2D eigenvalue weighted by Gasteiger charge is 2.38. The van der Waals surface area contributed by atoms with Crippen LogP contribution < -0.4 is 10.0 Å². The van der Waals surface area contributed by atoms with Gasteiger partial charge in [0.15, 0.2) is 0 Å². The van der Waals surface area contributed by atoms with Crippen molar-refractivity contribution in [2.75, 3.05) is 5.32 Å². The van der Waals surface area contributed by atoms with Crippen LogP contribution in [-0.2, 0) is 14.8 Å². The Labute approximate surface area is 155 Å². The molecule has 0 saturated heterocycles. The third kappa shape index (κ3) is 5.54. The Hall–Kier alpha value is -2.39. The normalized spacial score (nSPS) is 13.4. The first-order valence-corrected chi connectivity index (χ1v) is 9.54. The van der Waals surface area contributed by atoms with Crippen molar-refractivity contribution >= 4 is 21.6 Å². The lowest BCUT2D eigenvalue weighted by Gasteiger charge is -2.23. The van der Waals surface area contributed by atoms with E-state index in [9.17, 15) is 26.4 Å². The van der Waals surface area contributed by atoms with Gasteiger partial charge in [0.25, 0.3) is 0 Å².